The van der Waals surface area contributed by atoms with Crippen molar-refractivity contribution in [3.05, 3.63) is 65.4 Å². The van der Waals surface area contributed by atoms with Gasteiger partial charge in [-0.2, -0.15) is 0 Å². The number of benzene rings is 2. The standard InChI is InChI=1S/C18H15NO2/c1-11-8-9-15-14(10-11)17(13-6-4-3-5-7-13)16(18(20)21)12(2)19-15/h3-10H,1-2H3,(H,20,21). The lowest BCUT2D eigenvalue weighted by atomic mass is 9.93. The molecule has 0 aliphatic rings. The molecule has 1 aromatic heterocycles. The lowest BCUT2D eigenvalue weighted by Crippen LogP contribution is -2.06. The van der Waals surface area contributed by atoms with Crippen LogP contribution in [0.15, 0.2) is 48.5 Å². The third kappa shape index (κ3) is 2.27. The summed E-state index contributed by atoms with van der Waals surface area (Å²) in [4.78, 5) is 16.1. The molecule has 0 unspecified atom stereocenters. The second kappa shape index (κ2) is 5.02. The molecule has 104 valence electrons. The average molecular weight is 277 g/mol. The van der Waals surface area contributed by atoms with Crippen LogP contribution in [0.4, 0.5) is 0 Å². The molecule has 0 aliphatic carbocycles. The van der Waals surface area contributed by atoms with E-state index in [1.807, 2.05) is 55.5 Å². The molecular formula is C18H15NO2. The highest BCUT2D eigenvalue weighted by molar-refractivity contribution is 6.07. The molecule has 3 nitrogen and oxygen atoms in total. The number of carboxylic acid groups (broad SMARTS) is 1. The molecule has 3 aromatic rings. The maximum Gasteiger partial charge on any atom is 0.338 e. The van der Waals surface area contributed by atoms with Gasteiger partial charge in [-0.15, -0.1) is 0 Å². The van der Waals surface area contributed by atoms with Crippen LogP contribution in [0, 0.1) is 13.8 Å². The molecule has 1 N–H and O–H groups in total. The van der Waals surface area contributed by atoms with Crippen molar-refractivity contribution in [1.29, 1.82) is 0 Å². The summed E-state index contributed by atoms with van der Waals surface area (Å²) >= 11 is 0. The first-order chi connectivity index (χ1) is 10.1. The van der Waals surface area contributed by atoms with Gasteiger partial charge in [0, 0.05) is 10.9 Å². The van der Waals surface area contributed by atoms with E-state index in [-0.39, 0.29) is 5.56 Å². The Morgan fingerprint density at radius 3 is 2.43 bits per heavy atom. The number of fused-ring (bicyclic) bond motifs is 1. The van der Waals surface area contributed by atoms with Crippen molar-refractivity contribution in [2.24, 2.45) is 0 Å². The van der Waals surface area contributed by atoms with Crippen LogP contribution in [-0.2, 0) is 0 Å². The molecule has 21 heavy (non-hydrogen) atoms. The largest absolute Gasteiger partial charge is 0.478 e. The summed E-state index contributed by atoms with van der Waals surface area (Å²) in [6.07, 6.45) is 0. The molecule has 0 atom stereocenters. The zero-order valence-electron chi connectivity index (χ0n) is 11.9. The lowest BCUT2D eigenvalue weighted by Gasteiger charge is -2.13. The van der Waals surface area contributed by atoms with Gasteiger partial charge in [0.05, 0.1) is 16.8 Å². The van der Waals surface area contributed by atoms with Crippen molar-refractivity contribution >= 4 is 16.9 Å². The summed E-state index contributed by atoms with van der Waals surface area (Å²) in [7, 11) is 0. The van der Waals surface area contributed by atoms with Crippen LogP contribution < -0.4 is 0 Å². The van der Waals surface area contributed by atoms with Crippen molar-refractivity contribution in [2.45, 2.75) is 13.8 Å². The third-order valence-electron chi connectivity index (χ3n) is 3.60. The van der Waals surface area contributed by atoms with E-state index in [1.54, 1.807) is 6.92 Å². The van der Waals surface area contributed by atoms with Gasteiger partial charge in [0.25, 0.3) is 0 Å². The highest BCUT2D eigenvalue weighted by Crippen LogP contribution is 2.33. The maximum atomic E-state index is 11.7. The fourth-order valence-electron chi connectivity index (χ4n) is 2.67. The van der Waals surface area contributed by atoms with E-state index in [4.69, 9.17) is 0 Å². The topological polar surface area (TPSA) is 50.2 Å². The number of aryl methyl sites for hydroxylation is 2. The van der Waals surface area contributed by atoms with Crippen molar-refractivity contribution < 1.29 is 9.90 Å². The highest BCUT2D eigenvalue weighted by atomic mass is 16.4. The zero-order valence-corrected chi connectivity index (χ0v) is 11.9. The van der Waals surface area contributed by atoms with Gasteiger partial charge in [0.15, 0.2) is 0 Å². The number of hydrogen-bond donors (Lipinski definition) is 1. The molecule has 0 bridgehead atoms. The van der Waals surface area contributed by atoms with E-state index in [9.17, 15) is 9.90 Å². The Kier molecular flexibility index (Phi) is 3.18. The van der Waals surface area contributed by atoms with Crippen LogP contribution >= 0.6 is 0 Å². The summed E-state index contributed by atoms with van der Waals surface area (Å²) in [6, 6.07) is 15.5. The fourth-order valence-corrected chi connectivity index (χ4v) is 2.67. The summed E-state index contributed by atoms with van der Waals surface area (Å²) in [5.74, 6) is -0.942. The Morgan fingerprint density at radius 2 is 1.76 bits per heavy atom. The molecule has 2 aromatic carbocycles. The van der Waals surface area contributed by atoms with Gasteiger partial charge in [0.2, 0.25) is 0 Å². The highest BCUT2D eigenvalue weighted by Gasteiger charge is 2.19. The molecule has 0 aliphatic heterocycles. The van der Waals surface area contributed by atoms with Crippen molar-refractivity contribution in [1.82, 2.24) is 4.98 Å². The number of aromatic carboxylic acids is 1. The molecule has 0 fully saturated rings. The van der Waals surface area contributed by atoms with E-state index in [1.165, 1.54) is 0 Å². The first-order valence-electron chi connectivity index (χ1n) is 6.77. The number of pyridine rings is 1. The van der Waals surface area contributed by atoms with Crippen LogP contribution in [0.25, 0.3) is 22.0 Å². The van der Waals surface area contributed by atoms with Gasteiger partial charge in [-0.25, -0.2) is 4.79 Å². The minimum atomic E-state index is -0.942. The van der Waals surface area contributed by atoms with E-state index in [0.717, 1.165) is 27.6 Å². The molecule has 3 rings (SSSR count). The maximum absolute atomic E-state index is 11.7. The van der Waals surface area contributed by atoms with Crippen molar-refractivity contribution in [2.75, 3.05) is 0 Å². The monoisotopic (exact) mass is 277 g/mol. The summed E-state index contributed by atoms with van der Waals surface area (Å²) < 4.78 is 0. The van der Waals surface area contributed by atoms with Gasteiger partial charge in [-0.1, -0.05) is 42.0 Å². The van der Waals surface area contributed by atoms with Gasteiger partial charge >= 0.3 is 5.97 Å². The Bertz CT molecular complexity index is 839. The van der Waals surface area contributed by atoms with Crippen molar-refractivity contribution in [3.8, 4) is 11.1 Å². The molecule has 0 radical (unpaired) electrons. The summed E-state index contributed by atoms with van der Waals surface area (Å²) in [5.41, 5.74) is 4.37. The minimum Gasteiger partial charge on any atom is -0.478 e. The molecule has 0 saturated heterocycles. The number of carboxylic acids is 1. The summed E-state index contributed by atoms with van der Waals surface area (Å²) in [6.45, 7) is 3.74. The van der Waals surface area contributed by atoms with Crippen LogP contribution in [0.2, 0.25) is 0 Å². The van der Waals surface area contributed by atoms with Gasteiger partial charge in [0.1, 0.15) is 0 Å². The van der Waals surface area contributed by atoms with E-state index >= 15 is 0 Å². The SMILES string of the molecule is Cc1ccc2nc(C)c(C(=O)O)c(-c3ccccc3)c2c1. The van der Waals surface area contributed by atoms with Gasteiger partial charge in [-0.3, -0.25) is 4.98 Å². The quantitative estimate of drug-likeness (QED) is 0.763. The number of aromatic nitrogens is 1. The van der Waals surface area contributed by atoms with E-state index in [2.05, 4.69) is 4.98 Å². The number of hydrogen-bond acceptors (Lipinski definition) is 2. The minimum absolute atomic E-state index is 0.277. The predicted octanol–water partition coefficient (Wildman–Crippen LogP) is 4.22. The van der Waals surface area contributed by atoms with Gasteiger partial charge in [-0.05, 0) is 31.5 Å². The van der Waals surface area contributed by atoms with E-state index in [0.29, 0.717) is 5.69 Å². The zero-order chi connectivity index (χ0) is 15.0. The third-order valence-corrected chi connectivity index (χ3v) is 3.60. The second-order valence-corrected chi connectivity index (χ2v) is 5.14. The van der Waals surface area contributed by atoms with Crippen molar-refractivity contribution in [3.63, 3.8) is 0 Å². The Hall–Kier alpha value is -2.68. The second-order valence-electron chi connectivity index (χ2n) is 5.14. The van der Waals surface area contributed by atoms with Crippen LogP contribution in [-0.4, -0.2) is 16.1 Å². The normalized spacial score (nSPS) is 10.8. The molecule has 0 spiro atoms. The van der Waals surface area contributed by atoms with Crippen LogP contribution in [0.1, 0.15) is 21.6 Å². The number of carbonyl (C=O) groups is 1. The predicted molar refractivity (Wildman–Crippen MR) is 83.6 cm³/mol. The number of rotatable bonds is 2. The fraction of sp³-hybridized carbons (Fsp3) is 0.111. The molecule has 0 saturated carbocycles. The molecule has 3 heteroatoms. The Morgan fingerprint density at radius 1 is 1.05 bits per heavy atom. The van der Waals surface area contributed by atoms with E-state index < -0.39 is 5.97 Å². The van der Waals surface area contributed by atoms with Crippen LogP contribution in [0.5, 0.6) is 0 Å². The molecular weight excluding hydrogens is 262 g/mol. The lowest BCUT2D eigenvalue weighted by molar-refractivity contribution is 0.0696. The van der Waals surface area contributed by atoms with Gasteiger partial charge < -0.3 is 5.11 Å². The smallest absolute Gasteiger partial charge is 0.338 e. The average Bonchev–Trinajstić information content (AvgIpc) is 2.47. The molecule has 0 amide bonds. The first-order valence-corrected chi connectivity index (χ1v) is 6.77. The Labute approximate surface area is 122 Å². The molecule has 1 heterocycles. The Balaban J connectivity index is 2.50. The first kappa shape index (κ1) is 13.3. The number of nitrogens with zero attached hydrogens (tertiary/aromatic N) is 1. The summed E-state index contributed by atoms with van der Waals surface area (Å²) in [5, 5.41) is 10.5. The van der Waals surface area contributed by atoms with Crippen LogP contribution in [0.3, 0.4) is 0 Å².